The number of nitrogens with zero attached hydrogens (tertiary/aromatic N) is 1. The average molecular weight is 281 g/mol. The molecule has 0 bridgehead atoms. The molecule has 0 saturated heterocycles. The molecule has 0 saturated carbocycles. The van der Waals surface area contributed by atoms with E-state index in [9.17, 15) is 9.90 Å². The largest absolute Gasteiger partial charge is 0.452 e. The van der Waals surface area contributed by atoms with E-state index in [0.717, 1.165) is 0 Å². The van der Waals surface area contributed by atoms with E-state index < -0.39 is 6.10 Å². The van der Waals surface area contributed by atoms with Gasteiger partial charge in [-0.05, 0) is 5.56 Å². The number of aliphatic hydroxyl groups is 1. The van der Waals surface area contributed by atoms with Crippen LogP contribution in [0.2, 0.25) is 0 Å². The van der Waals surface area contributed by atoms with Crippen molar-refractivity contribution in [1.29, 1.82) is 0 Å². The molecule has 1 N–H and O–H groups in total. The summed E-state index contributed by atoms with van der Waals surface area (Å²) in [6, 6.07) is 17.7. The zero-order chi connectivity index (χ0) is 14.9. The Kier molecular flexibility index (Phi) is 5.43. The second-order valence-electron chi connectivity index (χ2n) is 4.22. The first-order valence-electron chi connectivity index (χ1n) is 6.43. The summed E-state index contributed by atoms with van der Waals surface area (Å²) >= 11 is 0. The lowest BCUT2D eigenvalue weighted by Crippen LogP contribution is -2.11. The average Bonchev–Trinajstić information content (AvgIpc) is 3.15. The van der Waals surface area contributed by atoms with Gasteiger partial charge in [0.1, 0.15) is 12.4 Å². The Morgan fingerprint density at radius 1 is 1.00 bits per heavy atom. The topological polar surface area (TPSA) is 63.3 Å². The van der Waals surface area contributed by atoms with Gasteiger partial charge in [-0.25, -0.2) is 4.98 Å². The Morgan fingerprint density at radius 3 is 2.10 bits per heavy atom. The van der Waals surface area contributed by atoms with Crippen LogP contribution in [-0.4, -0.2) is 15.9 Å². The third-order valence-corrected chi connectivity index (χ3v) is 2.77. The molecule has 4 heteroatoms. The number of Topliss-reactive ketones (excluding diaryl/α,β-unsaturated/α-hetero) is 1. The van der Waals surface area contributed by atoms with Crippen molar-refractivity contribution in [1.82, 2.24) is 4.98 Å². The first-order chi connectivity index (χ1) is 10.3. The number of aliphatic hydroxyl groups excluding tert-OH is 1. The molecule has 21 heavy (non-hydrogen) atoms. The maximum atomic E-state index is 11.9. The number of aromatic nitrogens is 1. The van der Waals surface area contributed by atoms with Gasteiger partial charge in [-0.15, -0.1) is 0 Å². The fraction of sp³-hybridized carbons (Fsp3) is 0.0588. The standard InChI is InChI=1S/C14H12O2.C3H3NO/c15-13(11-7-3-1-4-8-11)14(16)12-9-5-2-6-10-12;1-2-5-3-4-1/h1-10,13,15H;1-3H. The second-order valence-corrected chi connectivity index (χ2v) is 4.22. The monoisotopic (exact) mass is 281 g/mol. The van der Waals surface area contributed by atoms with Gasteiger partial charge in [-0.3, -0.25) is 4.79 Å². The normalized spacial score (nSPS) is 11.1. The van der Waals surface area contributed by atoms with Gasteiger partial charge >= 0.3 is 0 Å². The molecule has 0 amide bonds. The van der Waals surface area contributed by atoms with E-state index in [1.807, 2.05) is 12.1 Å². The molecule has 0 radical (unpaired) electrons. The lowest BCUT2D eigenvalue weighted by molar-refractivity contribution is 0.0747. The number of oxazole rings is 1. The van der Waals surface area contributed by atoms with E-state index in [2.05, 4.69) is 9.40 Å². The van der Waals surface area contributed by atoms with Gasteiger partial charge in [0.25, 0.3) is 0 Å². The van der Waals surface area contributed by atoms with Crippen LogP contribution >= 0.6 is 0 Å². The van der Waals surface area contributed by atoms with Crippen LogP contribution in [0.3, 0.4) is 0 Å². The van der Waals surface area contributed by atoms with Gasteiger partial charge in [0.2, 0.25) is 0 Å². The summed E-state index contributed by atoms with van der Waals surface area (Å²) in [5.74, 6) is -0.271. The van der Waals surface area contributed by atoms with Crippen LogP contribution in [0.4, 0.5) is 0 Å². The van der Waals surface area contributed by atoms with E-state index in [4.69, 9.17) is 0 Å². The third kappa shape index (κ3) is 4.40. The molecule has 1 aromatic heterocycles. The molecular weight excluding hydrogens is 266 g/mol. The Labute approximate surface area is 122 Å². The van der Waals surface area contributed by atoms with E-state index in [1.165, 1.54) is 12.7 Å². The number of carbonyl (C=O) groups is 1. The molecule has 4 nitrogen and oxygen atoms in total. The molecule has 106 valence electrons. The highest BCUT2D eigenvalue weighted by atomic mass is 16.3. The lowest BCUT2D eigenvalue weighted by atomic mass is 10.0. The van der Waals surface area contributed by atoms with Crippen LogP contribution in [0.1, 0.15) is 22.0 Å². The molecule has 0 aliphatic rings. The summed E-state index contributed by atoms with van der Waals surface area (Å²) in [5.41, 5.74) is 1.15. The van der Waals surface area contributed by atoms with Crippen molar-refractivity contribution in [3.05, 3.63) is 90.6 Å². The summed E-state index contributed by atoms with van der Waals surface area (Å²) in [6.07, 6.45) is 3.39. The quantitative estimate of drug-likeness (QED) is 0.748. The summed E-state index contributed by atoms with van der Waals surface area (Å²) in [5, 5.41) is 9.89. The maximum Gasteiger partial charge on any atom is 0.195 e. The molecule has 3 aromatic rings. The van der Waals surface area contributed by atoms with Crippen molar-refractivity contribution in [2.24, 2.45) is 0 Å². The zero-order valence-electron chi connectivity index (χ0n) is 11.3. The highest BCUT2D eigenvalue weighted by molar-refractivity contribution is 5.99. The summed E-state index contributed by atoms with van der Waals surface area (Å²) < 4.78 is 4.47. The molecule has 2 aromatic carbocycles. The summed E-state index contributed by atoms with van der Waals surface area (Å²) in [7, 11) is 0. The van der Waals surface area contributed by atoms with E-state index in [0.29, 0.717) is 11.1 Å². The van der Waals surface area contributed by atoms with Crippen molar-refractivity contribution in [3.8, 4) is 0 Å². The molecule has 1 atom stereocenters. The third-order valence-electron chi connectivity index (χ3n) is 2.77. The van der Waals surface area contributed by atoms with Crippen molar-refractivity contribution in [3.63, 3.8) is 0 Å². The van der Waals surface area contributed by atoms with Gasteiger partial charge in [0, 0.05) is 5.56 Å². The fourth-order valence-electron chi connectivity index (χ4n) is 1.72. The molecule has 0 aliphatic heterocycles. The highest BCUT2D eigenvalue weighted by Crippen LogP contribution is 2.17. The molecule has 3 rings (SSSR count). The second kappa shape index (κ2) is 7.77. The van der Waals surface area contributed by atoms with Crippen LogP contribution in [0.25, 0.3) is 0 Å². The molecule has 1 heterocycles. The van der Waals surface area contributed by atoms with Crippen LogP contribution in [0, 0.1) is 0 Å². The molecule has 0 spiro atoms. The van der Waals surface area contributed by atoms with Crippen LogP contribution in [-0.2, 0) is 0 Å². The minimum absolute atomic E-state index is 0.271. The van der Waals surface area contributed by atoms with Crippen LogP contribution in [0.5, 0.6) is 0 Å². The lowest BCUT2D eigenvalue weighted by Gasteiger charge is -2.09. The van der Waals surface area contributed by atoms with Gasteiger partial charge < -0.3 is 9.52 Å². The smallest absolute Gasteiger partial charge is 0.195 e. The van der Waals surface area contributed by atoms with Gasteiger partial charge in [-0.1, -0.05) is 60.7 Å². The van der Waals surface area contributed by atoms with Crippen molar-refractivity contribution in [2.75, 3.05) is 0 Å². The summed E-state index contributed by atoms with van der Waals surface area (Å²) in [6.45, 7) is 0. The minimum atomic E-state index is -1.08. The molecule has 0 fully saturated rings. The van der Waals surface area contributed by atoms with Gasteiger partial charge in [-0.2, -0.15) is 0 Å². The number of carbonyl (C=O) groups excluding carboxylic acids is 1. The Morgan fingerprint density at radius 2 is 1.62 bits per heavy atom. The SMILES string of the molecule is O=C(c1ccccc1)C(O)c1ccccc1.c1cocn1. The van der Waals surface area contributed by atoms with Gasteiger partial charge in [0.05, 0.1) is 6.20 Å². The van der Waals surface area contributed by atoms with E-state index >= 15 is 0 Å². The van der Waals surface area contributed by atoms with Crippen molar-refractivity contribution in [2.45, 2.75) is 6.10 Å². The molecular formula is C17H15NO3. The highest BCUT2D eigenvalue weighted by Gasteiger charge is 2.18. The van der Waals surface area contributed by atoms with E-state index in [-0.39, 0.29) is 5.78 Å². The number of ketones is 1. The predicted octanol–water partition coefficient (Wildman–Crippen LogP) is 3.28. The Balaban J connectivity index is 0.000000272. The minimum Gasteiger partial charge on any atom is -0.452 e. The first kappa shape index (κ1) is 14.7. The van der Waals surface area contributed by atoms with Gasteiger partial charge in [0.15, 0.2) is 12.2 Å². The predicted molar refractivity (Wildman–Crippen MR) is 78.7 cm³/mol. The van der Waals surface area contributed by atoms with E-state index in [1.54, 1.807) is 54.7 Å². The number of hydrogen-bond acceptors (Lipinski definition) is 4. The van der Waals surface area contributed by atoms with Crippen molar-refractivity contribution < 1.29 is 14.3 Å². The number of rotatable bonds is 3. The number of benzene rings is 2. The maximum absolute atomic E-state index is 11.9. The van der Waals surface area contributed by atoms with Crippen molar-refractivity contribution >= 4 is 5.78 Å². The Bertz CT molecular complexity index is 619. The first-order valence-corrected chi connectivity index (χ1v) is 6.43. The fourth-order valence-corrected chi connectivity index (χ4v) is 1.72. The molecule has 1 unspecified atom stereocenters. The molecule has 0 aliphatic carbocycles. The number of hydrogen-bond donors (Lipinski definition) is 1. The summed E-state index contributed by atoms with van der Waals surface area (Å²) in [4.78, 5) is 15.5. The Hall–Kier alpha value is -2.72. The van der Waals surface area contributed by atoms with Crippen LogP contribution in [0.15, 0.2) is 83.9 Å². The zero-order valence-corrected chi connectivity index (χ0v) is 11.3. The van der Waals surface area contributed by atoms with Crippen LogP contribution < -0.4 is 0 Å².